The summed E-state index contributed by atoms with van der Waals surface area (Å²) in [5, 5.41) is -16.4. The van der Waals surface area contributed by atoms with E-state index in [2.05, 4.69) is 9.05 Å². The summed E-state index contributed by atoms with van der Waals surface area (Å²) in [5.41, 5.74) is 0. The average molecular weight is 1180 g/mol. The van der Waals surface area contributed by atoms with Crippen LogP contribution in [0.3, 0.4) is 0 Å². The van der Waals surface area contributed by atoms with Crippen LogP contribution in [0.4, 0.5) is 149 Å². The number of hydrogen-bond acceptors (Lipinski definition) is 7. The van der Waals surface area contributed by atoms with Crippen molar-refractivity contribution in [3.8, 4) is 0 Å². The molecule has 0 radical (unpaired) electrons. The first kappa shape index (κ1) is 66.6. The Hall–Kier alpha value is -2.45. The third kappa shape index (κ3) is 9.43. The maximum absolute atomic E-state index is 14.3. The Balaban J connectivity index is 6.41. The second-order valence-corrected chi connectivity index (χ2v) is 18.3. The van der Waals surface area contributed by atoms with Crippen LogP contribution < -0.4 is 0 Å². The summed E-state index contributed by atoms with van der Waals surface area (Å²) in [4.78, 5) is 9.38. The molecule has 0 amide bonds. The molecule has 416 valence electrons. The predicted molar refractivity (Wildman–Crippen MR) is 146 cm³/mol. The smallest absolute Gasteiger partial charge is 0.302 e. The van der Waals surface area contributed by atoms with Crippen LogP contribution >= 0.6 is 7.82 Å². The number of nitrogens with zero attached hydrogens (tertiary/aromatic N) is 2. The van der Waals surface area contributed by atoms with E-state index in [1.165, 1.54) is 0 Å². The van der Waals surface area contributed by atoms with Gasteiger partial charge >= 0.3 is 102 Å². The molecular weight excluding hydrogens is 1160 g/mol. The van der Waals surface area contributed by atoms with Crippen molar-refractivity contribution in [3.05, 3.63) is 0 Å². The topological polar surface area (TPSA) is 131 Å². The minimum Gasteiger partial charge on any atom is -0.302 e. The Labute approximate surface area is 356 Å². The van der Waals surface area contributed by atoms with Gasteiger partial charge in [-0.15, -0.1) is 0 Å². The maximum Gasteiger partial charge on any atom is 0.472 e. The van der Waals surface area contributed by atoms with E-state index in [1.54, 1.807) is 0 Å². The molecule has 0 saturated carbocycles. The summed E-state index contributed by atoms with van der Waals surface area (Å²) >= 11 is 0. The molecule has 1 N–H and O–H groups in total. The van der Waals surface area contributed by atoms with Gasteiger partial charge in [0.1, 0.15) is 0 Å². The fourth-order valence-electron chi connectivity index (χ4n) is 3.86. The first-order valence-corrected chi connectivity index (χ1v) is 19.6. The van der Waals surface area contributed by atoms with Gasteiger partial charge < -0.3 is 4.89 Å². The SMILES string of the molecule is CN(CCOP(=O)(O)OCCN(C)S(=O)(=O)C(F)(F)C(F)(F)C(F)(F)C(F)(F)C(F)(F)C(F)(F)C(F)(F)C(F)(F)F)S(=O)(=O)C(F)(F)C(F)(F)C(F)(F)C(F)(F)C(F)(F)C(F)(F)C(F)(F)C(F)(F)F. The predicted octanol–water partition coefficient (Wildman–Crippen LogP) is 9.58. The van der Waals surface area contributed by atoms with E-state index in [-0.39, 0.29) is 0 Å². The van der Waals surface area contributed by atoms with Crippen molar-refractivity contribution < 1.29 is 185 Å². The Morgan fingerprint density at radius 1 is 0.348 bits per heavy atom. The lowest BCUT2D eigenvalue weighted by Gasteiger charge is -2.42. The summed E-state index contributed by atoms with van der Waals surface area (Å²) in [6, 6.07) is 0. The highest BCUT2D eigenvalue weighted by Crippen LogP contribution is 2.66. The van der Waals surface area contributed by atoms with E-state index >= 15 is 0 Å². The summed E-state index contributed by atoms with van der Waals surface area (Å²) in [6.07, 6.45) is -16.3. The number of likely N-dealkylation sites (N-methyl/N-ethyl adjacent to an activating group) is 2. The van der Waals surface area contributed by atoms with Crippen molar-refractivity contribution in [1.29, 1.82) is 0 Å². The van der Waals surface area contributed by atoms with E-state index < -0.39 is 171 Å². The fourth-order valence-corrected chi connectivity index (χ4v) is 6.88. The molecule has 0 aromatic carbocycles. The Morgan fingerprint density at radius 3 is 0.681 bits per heavy atom. The quantitative estimate of drug-likeness (QED) is 0.0748. The van der Waals surface area contributed by atoms with Gasteiger partial charge in [0.2, 0.25) is 0 Å². The second kappa shape index (κ2) is 17.9. The highest BCUT2D eigenvalue weighted by Gasteiger charge is 2.98. The van der Waals surface area contributed by atoms with Crippen LogP contribution in [0.15, 0.2) is 0 Å². The Kier molecular flexibility index (Phi) is 17.3. The standard InChI is InChI=1S/C22H15F34N2O8PS2/c1-57(68(61,62)21(53,54)17(43,44)13(35,36)9(27,28)7(23,24)11(31,32)15(39,40)19(47,48)49)3-5-65-67(59,60)66-6-4-58(2)69(63,64)22(55,56)18(45,46)14(37,38)10(29,30)8(25,26)12(33,34)16(41,42)20(50,51)52/h3-6H2,1-2H3,(H,59,60). The molecule has 0 aromatic rings. The lowest BCUT2D eigenvalue weighted by molar-refractivity contribution is -0.458. The molecule has 0 fully saturated rings. The van der Waals surface area contributed by atoms with Gasteiger partial charge in [-0.25, -0.2) is 21.4 Å². The van der Waals surface area contributed by atoms with Crippen molar-refractivity contribution in [3.63, 3.8) is 0 Å². The van der Waals surface area contributed by atoms with Gasteiger partial charge in [-0.05, 0) is 0 Å². The first-order chi connectivity index (χ1) is 29.3. The van der Waals surface area contributed by atoms with Crippen LogP contribution in [0.5, 0.6) is 0 Å². The largest absolute Gasteiger partial charge is 0.472 e. The average Bonchev–Trinajstić information content (AvgIpc) is 3.12. The summed E-state index contributed by atoms with van der Waals surface area (Å²) < 4.78 is 522. The van der Waals surface area contributed by atoms with Crippen molar-refractivity contribution in [2.24, 2.45) is 0 Å². The van der Waals surface area contributed by atoms with Gasteiger partial charge in [-0.1, -0.05) is 0 Å². The van der Waals surface area contributed by atoms with Crippen molar-refractivity contribution in [1.82, 2.24) is 8.61 Å². The van der Waals surface area contributed by atoms with Crippen molar-refractivity contribution in [2.75, 3.05) is 40.4 Å². The lowest BCUT2D eigenvalue weighted by atomic mass is 9.91. The van der Waals surface area contributed by atoms with Gasteiger partial charge in [0.05, 0.1) is 13.2 Å². The highest BCUT2D eigenvalue weighted by atomic mass is 32.2. The molecule has 0 aliphatic rings. The molecule has 10 nitrogen and oxygen atoms in total. The van der Waals surface area contributed by atoms with Crippen LogP contribution in [-0.2, 0) is 33.7 Å². The van der Waals surface area contributed by atoms with Crippen molar-refractivity contribution in [2.45, 2.75) is 93.9 Å². The molecule has 0 rings (SSSR count). The van der Waals surface area contributed by atoms with Gasteiger partial charge in [-0.3, -0.25) is 9.05 Å². The van der Waals surface area contributed by atoms with E-state index in [0.29, 0.717) is 0 Å². The molecule has 0 saturated heterocycles. The summed E-state index contributed by atoms with van der Waals surface area (Å²) in [5.74, 6) is -108. The summed E-state index contributed by atoms with van der Waals surface area (Å²) in [7, 11) is -23.9. The number of hydrogen-bond donors (Lipinski definition) is 1. The zero-order chi connectivity index (χ0) is 56.9. The number of sulfonamides is 2. The van der Waals surface area contributed by atoms with Crippen LogP contribution in [0.1, 0.15) is 0 Å². The maximum atomic E-state index is 14.3. The molecule has 0 aromatic heterocycles. The molecule has 47 heteroatoms. The van der Waals surface area contributed by atoms with E-state index in [9.17, 15) is 176 Å². The second-order valence-electron chi connectivity index (χ2n) is 12.7. The molecular formula is C22H15F34N2O8PS2. The molecule has 0 atom stereocenters. The third-order valence-corrected chi connectivity index (χ3v) is 13.0. The first-order valence-electron chi connectivity index (χ1n) is 15.2. The number of phosphoric ester groups is 1. The molecule has 0 spiro atoms. The van der Waals surface area contributed by atoms with Crippen LogP contribution in [0, 0.1) is 0 Å². The fraction of sp³-hybridized carbons (Fsp3) is 1.00. The number of phosphoric acid groups is 1. The molecule has 0 bridgehead atoms. The zero-order valence-corrected chi connectivity index (χ0v) is 33.7. The number of rotatable bonds is 24. The molecule has 0 aliphatic carbocycles. The molecule has 0 aliphatic heterocycles. The van der Waals surface area contributed by atoms with Crippen LogP contribution in [-0.4, -0.2) is 165 Å². The minimum atomic E-state index is -9.27. The van der Waals surface area contributed by atoms with Crippen LogP contribution in [0.25, 0.3) is 0 Å². The monoisotopic (exact) mass is 1180 g/mol. The molecule has 69 heavy (non-hydrogen) atoms. The lowest BCUT2D eigenvalue weighted by Crippen LogP contribution is -2.75. The van der Waals surface area contributed by atoms with Gasteiger partial charge in [0, 0.05) is 27.2 Å². The molecule has 0 heterocycles. The Bertz CT molecular complexity index is 1980. The van der Waals surface area contributed by atoms with Gasteiger partial charge in [0.15, 0.2) is 0 Å². The van der Waals surface area contributed by atoms with Crippen LogP contribution in [0.2, 0.25) is 0 Å². The van der Waals surface area contributed by atoms with E-state index in [1.807, 2.05) is 0 Å². The summed E-state index contributed by atoms with van der Waals surface area (Å²) in [6.45, 7) is -9.59. The van der Waals surface area contributed by atoms with E-state index in [0.717, 1.165) is 0 Å². The normalized spacial score (nSPS) is 16.8. The minimum absolute atomic E-state index is 0.658. The Morgan fingerprint density at radius 2 is 0.507 bits per heavy atom. The van der Waals surface area contributed by atoms with Gasteiger partial charge in [0.25, 0.3) is 20.0 Å². The number of halogens is 34. The van der Waals surface area contributed by atoms with E-state index in [4.69, 9.17) is 0 Å². The van der Waals surface area contributed by atoms with Crippen molar-refractivity contribution >= 4 is 27.9 Å². The number of alkyl halides is 34. The molecule has 0 unspecified atom stereocenters. The van der Waals surface area contributed by atoms with Gasteiger partial charge in [-0.2, -0.15) is 158 Å². The third-order valence-electron chi connectivity index (χ3n) is 8.18. The highest BCUT2D eigenvalue weighted by molar-refractivity contribution is 7.90. The zero-order valence-electron chi connectivity index (χ0n) is 31.1.